The van der Waals surface area contributed by atoms with Crippen LogP contribution in [0, 0.1) is 6.92 Å². The lowest BCUT2D eigenvalue weighted by Gasteiger charge is -2.20. The SMILES string of the molecule is Cc1ccc(C(C)(C)C)cc1-c1cnc(N)[nH]1. The Kier molecular flexibility index (Phi) is 2.69. The summed E-state index contributed by atoms with van der Waals surface area (Å²) in [7, 11) is 0. The molecular weight excluding hydrogens is 210 g/mol. The highest BCUT2D eigenvalue weighted by molar-refractivity contribution is 5.65. The summed E-state index contributed by atoms with van der Waals surface area (Å²) < 4.78 is 0. The van der Waals surface area contributed by atoms with Gasteiger partial charge in [0.25, 0.3) is 0 Å². The zero-order chi connectivity index (χ0) is 12.6. The van der Waals surface area contributed by atoms with Crippen LogP contribution in [0.25, 0.3) is 11.3 Å². The van der Waals surface area contributed by atoms with Crippen LogP contribution in [0.1, 0.15) is 31.9 Å². The van der Waals surface area contributed by atoms with Crippen molar-refractivity contribution in [3.05, 3.63) is 35.5 Å². The van der Waals surface area contributed by atoms with Crippen molar-refractivity contribution in [3.8, 4) is 11.3 Å². The Morgan fingerprint density at radius 1 is 1.24 bits per heavy atom. The second-order valence-electron chi connectivity index (χ2n) is 5.46. The van der Waals surface area contributed by atoms with Gasteiger partial charge >= 0.3 is 0 Å². The number of H-pyrrole nitrogens is 1. The van der Waals surface area contributed by atoms with E-state index in [-0.39, 0.29) is 5.41 Å². The van der Waals surface area contributed by atoms with E-state index < -0.39 is 0 Å². The van der Waals surface area contributed by atoms with Crippen molar-refractivity contribution in [1.29, 1.82) is 0 Å². The summed E-state index contributed by atoms with van der Waals surface area (Å²) in [6.45, 7) is 8.73. The molecule has 1 aromatic carbocycles. The molecule has 2 aromatic rings. The van der Waals surface area contributed by atoms with Gasteiger partial charge in [0.05, 0.1) is 11.9 Å². The van der Waals surface area contributed by atoms with E-state index in [1.54, 1.807) is 6.20 Å². The number of nitrogens with zero attached hydrogens (tertiary/aromatic N) is 1. The molecule has 0 saturated carbocycles. The van der Waals surface area contributed by atoms with Crippen LogP contribution >= 0.6 is 0 Å². The van der Waals surface area contributed by atoms with Crippen molar-refractivity contribution in [3.63, 3.8) is 0 Å². The Morgan fingerprint density at radius 2 is 1.94 bits per heavy atom. The first-order chi connectivity index (χ1) is 7.88. The molecule has 0 aliphatic carbocycles. The molecule has 1 heterocycles. The summed E-state index contributed by atoms with van der Waals surface area (Å²) in [4.78, 5) is 7.13. The van der Waals surface area contributed by atoms with Crippen molar-refractivity contribution in [2.24, 2.45) is 0 Å². The molecule has 3 heteroatoms. The van der Waals surface area contributed by atoms with Gasteiger partial charge in [-0.15, -0.1) is 0 Å². The number of imidazole rings is 1. The molecule has 90 valence electrons. The second kappa shape index (κ2) is 3.91. The third-order valence-electron chi connectivity index (χ3n) is 2.99. The highest BCUT2D eigenvalue weighted by Gasteiger charge is 2.15. The molecule has 0 bridgehead atoms. The third-order valence-corrected chi connectivity index (χ3v) is 2.99. The Morgan fingerprint density at radius 3 is 2.47 bits per heavy atom. The molecule has 3 N–H and O–H groups in total. The Bertz CT molecular complexity index is 533. The van der Waals surface area contributed by atoms with Crippen molar-refractivity contribution in [2.45, 2.75) is 33.1 Å². The van der Waals surface area contributed by atoms with E-state index in [1.807, 2.05) is 0 Å². The normalized spacial score (nSPS) is 11.8. The molecule has 3 nitrogen and oxygen atoms in total. The summed E-state index contributed by atoms with van der Waals surface area (Å²) in [6.07, 6.45) is 1.78. The monoisotopic (exact) mass is 229 g/mol. The number of hydrogen-bond acceptors (Lipinski definition) is 2. The Hall–Kier alpha value is -1.77. The second-order valence-corrected chi connectivity index (χ2v) is 5.46. The molecule has 0 saturated heterocycles. The number of nitrogen functional groups attached to an aromatic ring is 1. The number of rotatable bonds is 1. The number of hydrogen-bond donors (Lipinski definition) is 2. The van der Waals surface area contributed by atoms with E-state index in [2.05, 4.69) is 55.9 Å². The van der Waals surface area contributed by atoms with Gasteiger partial charge in [-0.2, -0.15) is 0 Å². The van der Waals surface area contributed by atoms with Gasteiger partial charge in [-0.1, -0.05) is 32.9 Å². The van der Waals surface area contributed by atoms with Crippen LogP contribution < -0.4 is 5.73 Å². The molecule has 0 radical (unpaired) electrons. The van der Waals surface area contributed by atoms with Gasteiger partial charge in [-0.25, -0.2) is 4.98 Å². The number of aryl methyl sites for hydroxylation is 1. The lowest BCUT2D eigenvalue weighted by molar-refractivity contribution is 0.590. The minimum atomic E-state index is 0.147. The molecule has 0 unspecified atom stereocenters. The summed E-state index contributed by atoms with van der Waals surface area (Å²) >= 11 is 0. The van der Waals surface area contributed by atoms with Crippen LogP contribution in [0.4, 0.5) is 5.95 Å². The topological polar surface area (TPSA) is 54.7 Å². The number of aromatic nitrogens is 2. The van der Waals surface area contributed by atoms with Gasteiger partial charge in [0, 0.05) is 5.56 Å². The molecule has 0 aliphatic rings. The lowest BCUT2D eigenvalue weighted by atomic mass is 9.85. The minimum Gasteiger partial charge on any atom is -0.369 e. The molecule has 0 amide bonds. The quantitative estimate of drug-likeness (QED) is 0.788. The van der Waals surface area contributed by atoms with Gasteiger partial charge in [-0.05, 0) is 29.5 Å². The summed E-state index contributed by atoms with van der Waals surface area (Å²) in [5, 5.41) is 0. The highest BCUT2D eigenvalue weighted by Crippen LogP contribution is 2.29. The molecule has 0 atom stereocenters. The zero-order valence-electron chi connectivity index (χ0n) is 10.8. The van der Waals surface area contributed by atoms with Gasteiger partial charge in [0.15, 0.2) is 5.95 Å². The van der Waals surface area contributed by atoms with Crippen LogP contribution in [-0.4, -0.2) is 9.97 Å². The van der Waals surface area contributed by atoms with E-state index in [0.29, 0.717) is 5.95 Å². The zero-order valence-corrected chi connectivity index (χ0v) is 10.8. The first kappa shape index (κ1) is 11.7. The van der Waals surface area contributed by atoms with Crippen molar-refractivity contribution in [2.75, 3.05) is 5.73 Å². The Balaban J connectivity index is 2.54. The number of nitrogens with one attached hydrogen (secondary N) is 1. The predicted molar refractivity (Wildman–Crippen MR) is 71.9 cm³/mol. The highest BCUT2D eigenvalue weighted by atomic mass is 15.0. The molecule has 0 aliphatic heterocycles. The van der Waals surface area contributed by atoms with E-state index in [1.165, 1.54) is 16.7 Å². The Labute approximate surface area is 102 Å². The van der Waals surface area contributed by atoms with Crippen molar-refractivity contribution >= 4 is 5.95 Å². The van der Waals surface area contributed by atoms with Gasteiger partial charge in [0.1, 0.15) is 0 Å². The number of aromatic amines is 1. The van der Waals surface area contributed by atoms with E-state index >= 15 is 0 Å². The smallest absolute Gasteiger partial charge is 0.197 e. The van der Waals surface area contributed by atoms with E-state index in [0.717, 1.165) is 5.69 Å². The van der Waals surface area contributed by atoms with Crippen LogP contribution in [0.3, 0.4) is 0 Å². The van der Waals surface area contributed by atoms with Crippen LogP contribution in [0.2, 0.25) is 0 Å². The first-order valence-electron chi connectivity index (χ1n) is 5.80. The minimum absolute atomic E-state index is 0.147. The summed E-state index contributed by atoms with van der Waals surface area (Å²) in [5.74, 6) is 0.459. The fraction of sp³-hybridized carbons (Fsp3) is 0.357. The van der Waals surface area contributed by atoms with Gasteiger partial charge in [0.2, 0.25) is 0 Å². The largest absolute Gasteiger partial charge is 0.369 e. The molecule has 0 fully saturated rings. The first-order valence-corrected chi connectivity index (χ1v) is 5.80. The maximum Gasteiger partial charge on any atom is 0.197 e. The number of anilines is 1. The number of nitrogens with two attached hydrogens (primary N) is 1. The lowest BCUT2D eigenvalue weighted by Crippen LogP contribution is -2.11. The fourth-order valence-electron chi connectivity index (χ4n) is 1.85. The average Bonchev–Trinajstić information content (AvgIpc) is 2.63. The van der Waals surface area contributed by atoms with Crippen LogP contribution in [-0.2, 0) is 5.41 Å². The van der Waals surface area contributed by atoms with Crippen LogP contribution in [0.5, 0.6) is 0 Å². The summed E-state index contributed by atoms with van der Waals surface area (Å²) in [5.41, 5.74) is 10.5. The molecular formula is C14H19N3. The maximum atomic E-state index is 5.62. The van der Waals surface area contributed by atoms with Gasteiger partial charge < -0.3 is 10.7 Å². The standard InChI is InChI=1S/C14H19N3/c1-9-5-6-10(14(2,3)4)7-11(9)12-8-16-13(15)17-12/h5-8H,1-4H3,(H3,15,16,17). The summed E-state index contributed by atoms with van der Waals surface area (Å²) in [6, 6.07) is 6.54. The molecule has 1 aromatic heterocycles. The molecule has 2 rings (SSSR count). The predicted octanol–water partition coefficient (Wildman–Crippen LogP) is 3.26. The number of benzene rings is 1. The van der Waals surface area contributed by atoms with Gasteiger partial charge in [-0.3, -0.25) is 0 Å². The third kappa shape index (κ3) is 2.33. The fourth-order valence-corrected chi connectivity index (χ4v) is 1.85. The van der Waals surface area contributed by atoms with Crippen molar-refractivity contribution in [1.82, 2.24) is 9.97 Å². The molecule has 0 spiro atoms. The molecule has 17 heavy (non-hydrogen) atoms. The van der Waals surface area contributed by atoms with E-state index in [9.17, 15) is 0 Å². The maximum absolute atomic E-state index is 5.62. The average molecular weight is 229 g/mol. The van der Waals surface area contributed by atoms with E-state index in [4.69, 9.17) is 5.73 Å². The van der Waals surface area contributed by atoms with Crippen molar-refractivity contribution < 1.29 is 0 Å². The van der Waals surface area contributed by atoms with Crippen LogP contribution in [0.15, 0.2) is 24.4 Å².